The van der Waals surface area contributed by atoms with Crippen LogP contribution in [0.5, 0.6) is 0 Å². The summed E-state index contributed by atoms with van der Waals surface area (Å²) in [7, 11) is 0. The van der Waals surface area contributed by atoms with E-state index in [1.54, 1.807) is 0 Å². The lowest BCUT2D eigenvalue weighted by Crippen LogP contribution is -2.46. The van der Waals surface area contributed by atoms with Crippen molar-refractivity contribution in [1.29, 1.82) is 0 Å². The van der Waals surface area contributed by atoms with Crippen molar-refractivity contribution in [2.45, 2.75) is 37.3 Å². The number of hydrogen-bond acceptors (Lipinski definition) is 3. The highest BCUT2D eigenvalue weighted by atomic mass is 16.3. The first-order chi connectivity index (χ1) is 10.2. The summed E-state index contributed by atoms with van der Waals surface area (Å²) < 4.78 is 0. The summed E-state index contributed by atoms with van der Waals surface area (Å²) in [5, 5.41) is 11.5. The fourth-order valence-electron chi connectivity index (χ4n) is 4.72. The van der Waals surface area contributed by atoms with Crippen molar-refractivity contribution in [2.75, 3.05) is 19.6 Å². The summed E-state index contributed by atoms with van der Waals surface area (Å²) in [5.74, 6) is 1.78. The first kappa shape index (κ1) is 13.7. The number of aliphatic hydroxyl groups is 1. The van der Waals surface area contributed by atoms with Gasteiger partial charge in [-0.15, -0.1) is 0 Å². The first-order valence-corrected chi connectivity index (χ1v) is 8.44. The van der Waals surface area contributed by atoms with Gasteiger partial charge in [-0.2, -0.15) is 0 Å². The Hall–Kier alpha value is -0.900. The monoisotopic (exact) mass is 286 g/mol. The van der Waals surface area contributed by atoms with Crippen LogP contribution in [-0.2, 0) is 5.60 Å². The highest BCUT2D eigenvalue weighted by Crippen LogP contribution is 2.47. The fraction of sp³-hybridized carbons (Fsp3) is 0.667. The van der Waals surface area contributed by atoms with Gasteiger partial charge in [0.25, 0.3) is 0 Å². The molecular formula is C18H26N2O. The van der Waals surface area contributed by atoms with Crippen LogP contribution in [0.4, 0.5) is 0 Å². The second kappa shape index (κ2) is 5.08. The SMILES string of the molecule is NC1C2CN(CC(O)(c3ccccc3)C3CCCC3)CC12. The molecule has 0 bridgehead atoms. The predicted octanol–water partition coefficient (Wildman–Crippen LogP) is 1.95. The predicted molar refractivity (Wildman–Crippen MR) is 83.7 cm³/mol. The third kappa shape index (κ3) is 2.32. The number of piperidine rings is 1. The molecule has 2 saturated carbocycles. The van der Waals surface area contributed by atoms with Crippen molar-refractivity contribution in [3.05, 3.63) is 35.9 Å². The van der Waals surface area contributed by atoms with Crippen LogP contribution in [0.3, 0.4) is 0 Å². The molecule has 0 amide bonds. The van der Waals surface area contributed by atoms with E-state index < -0.39 is 5.60 Å². The smallest absolute Gasteiger partial charge is 0.105 e. The van der Waals surface area contributed by atoms with E-state index in [4.69, 9.17) is 5.73 Å². The Bertz CT molecular complexity index is 487. The van der Waals surface area contributed by atoms with Gasteiger partial charge < -0.3 is 10.8 Å². The number of benzene rings is 1. The topological polar surface area (TPSA) is 49.5 Å². The first-order valence-electron chi connectivity index (χ1n) is 8.44. The van der Waals surface area contributed by atoms with E-state index in [1.807, 2.05) is 18.2 Å². The average molecular weight is 286 g/mol. The molecule has 114 valence electrons. The quantitative estimate of drug-likeness (QED) is 0.889. The largest absolute Gasteiger partial charge is 0.384 e. The van der Waals surface area contributed by atoms with Crippen LogP contribution < -0.4 is 5.73 Å². The zero-order chi connectivity index (χ0) is 14.4. The standard InChI is InChI=1S/C18H26N2O/c19-17-15-10-20(11-16(15)17)12-18(21,14-8-4-5-9-14)13-6-2-1-3-7-13/h1-3,6-7,14-17,21H,4-5,8-12,19H2. The zero-order valence-electron chi connectivity index (χ0n) is 12.6. The van der Waals surface area contributed by atoms with Gasteiger partial charge in [0.2, 0.25) is 0 Å². The summed E-state index contributed by atoms with van der Waals surface area (Å²) in [5.41, 5.74) is 6.46. The van der Waals surface area contributed by atoms with E-state index in [-0.39, 0.29) is 0 Å². The number of likely N-dealkylation sites (tertiary alicyclic amines) is 1. The lowest BCUT2D eigenvalue weighted by atomic mass is 9.79. The zero-order valence-corrected chi connectivity index (χ0v) is 12.6. The molecule has 0 aromatic heterocycles. The normalized spacial score (nSPS) is 35.6. The van der Waals surface area contributed by atoms with Crippen molar-refractivity contribution in [3.8, 4) is 0 Å². The Morgan fingerprint density at radius 2 is 1.71 bits per heavy atom. The third-order valence-electron chi connectivity index (χ3n) is 6.10. The number of nitrogens with zero attached hydrogens (tertiary/aromatic N) is 1. The Labute approximate surface area is 127 Å². The van der Waals surface area contributed by atoms with Crippen LogP contribution in [0.2, 0.25) is 0 Å². The van der Waals surface area contributed by atoms with E-state index in [2.05, 4.69) is 17.0 Å². The van der Waals surface area contributed by atoms with Gasteiger partial charge in [0.15, 0.2) is 0 Å². The maximum atomic E-state index is 11.5. The van der Waals surface area contributed by atoms with Crippen molar-refractivity contribution in [1.82, 2.24) is 4.90 Å². The molecule has 3 aliphatic rings. The minimum atomic E-state index is -0.682. The third-order valence-corrected chi connectivity index (χ3v) is 6.10. The summed E-state index contributed by atoms with van der Waals surface area (Å²) in [6.07, 6.45) is 4.84. The molecule has 1 aromatic carbocycles. The van der Waals surface area contributed by atoms with Crippen LogP contribution >= 0.6 is 0 Å². The minimum absolute atomic E-state index is 0.408. The Kier molecular flexibility index (Phi) is 3.32. The molecule has 4 rings (SSSR count). The highest BCUT2D eigenvalue weighted by Gasteiger charge is 2.55. The van der Waals surface area contributed by atoms with Crippen LogP contribution in [0.15, 0.2) is 30.3 Å². The molecule has 21 heavy (non-hydrogen) atoms. The van der Waals surface area contributed by atoms with Crippen LogP contribution in [0.25, 0.3) is 0 Å². The van der Waals surface area contributed by atoms with E-state index in [1.165, 1.54) is 12.8 Å². The highest BCUT2D eigenvalue weighted by molar-refractivity contribution is 5.25. The Morgan fingerprint density at radius 3 is 2.33 bits per heavy atom. The number of hydrogen-bond donors (Lipinski definition) is 2. The average Bonchev–Trinajstić information content (AvgIpc) is 3.00. The molecule has 2 aliphatic carbocycles. The van der Waals surface area contributed by atoms with E-state index in [0.717, 1.165) is 38.0 Å². The summed E-state index contributed by atoms with van der Waals surface area (Å²) >= 11 is 0. The molecule has 0 radical (unpaired) electrons. The van der Waals surface area contributed by atoms with Crippen LogP contribution in [0, 0.1) is 17.8 Å². The summed E-state index contributed by atoms with van der Waals surface area (Å²) in [6, 6.07) is 10.8. The van der Waals surface area contributed by atoms with Gasteiger partial charge in [0.1, 0.15) is 5.60 Å². The molecule has 1 aromatic rings. The molecule has 1 heterocycles. The maximum Gasteiger partial charge on any atom is 0.105 e. The van der Waals surface area contributed by atoms with Gasteiger partial charge in [-0.05, 0) is 36.2 Å². The molecule has 3 N–H and O–H groups in total. The second-order valence-corrected chi connectivity index (χ2v) is 7.37. The summed E-state index contributed by atoms with van der Waals surface area (Å²) in [6.45, 7) is 2.93. The number of fused-ring (bicyclic) bond motifs is 1. The maximum absolute atomic E-state index is 11.5. The van der Waals surface area contributed by atoms with Gasteiger partial charge in [-0.1, -0.05) is 43.2 Å². The van der Waals surface area contributed by atoms with Gasteiger partial charge in [0.05, 0.1) is 0 Å². The number of nitrogens with two attached hydrogens (primary N) is 1. The molecule has 0 spiro atoms. The van der Waals surface area contributed by atoms with Gasteiger partial charge >= 0.3 is 0 Å². The lowest BCUT2D eigenvalue weighted by Gasteiger charge is -2.38. The molecule has 1 aliphatic heterocycles. The Balaban J connectivity index is 1.55. The molecular weight excluding hydrogens is 260 g/mol. The van der Waals surface area contributed by atoms with E-state index in [0.29, 0.717) is 23.8 Å². The van der Waals surface area contributed by atoms with Crippen molar-refractivity contribution >= 4 is 0 Å². The van der Waals surface area contributed by atoms with E-state index >= 15 is 0 Å². The second-order valence-electron chi connectivity index (χ2n) is 7.37. The summed E-state index contributed by atoms with van der Waals surface area (Å²) in [4.78, 5) is 2.45. The van der Waals surface area contributed by atoms with Crippen LogP contribution in [-0.4, -0.2) is 35.7 Å². The molecule has 3 nitrogen and oxygen atoms in total. The molecule has 3 unspecified atom stereocenters. The fourth-order valence-corrected chi connectivity index (χ4v) is 4.72. The van der Waals surface area contributed by atoms with Crippen LogP contribution in [0.1, 0.15) is 31.2 Å². The van der Waals surface area contributed by atoms with Gasteiger partial charge in [-0.3, -0.25) is 4.90 Å². The molecule has 3 heteroatoms. The molecule has 3 fully saturated rings. The lowest BCUT2D eigenvalue weighted by molar-refractivity contribution is -0.0482. The van der Waals surface area contributed by atoms with Crippen molar-refractivity contribution in [2.24, 2.45) is 23.5 Å². The molecule has 3 atom stereocenters. The minimum Gasteiger partial charge on any atom is -0.384 e. The van der Waals surface area contributed by atoms with Crippen molar-refractivity contribution < 1.29 is 5.11 Å². The Morgan fingerprint density at radius 1 is 1.10 bits per heavy atom. The number of rotatable bonds is 4. The van der Waals surface area contributed by atoms with Gasteiger partial charge in [0, 0.05) is 25.7 Å². The molecule has 1 saturated heterocycles. The van der Waals surface area contributed by atoms with Gasteiger partial charge in [-0.25, -0.2) is 0 Å². The van der Waals surface area contributed by atoms with E-state index in [9.17, 15) is 5.11 Å². The number of β-amino-alcohol motifs (C(OH)–C–C–N with tert-alkyl or cyclic N) is 1. The van der Waals surface area contributed by atoms with Crippen molar-refractivity contribution in [3.63, 3.8) is 0 Å².